The summed E-state index contributed by atoms with van der Waals surface area (Å²) in [5.41, 5.74) is 7.41. The number of nitrogens with zero attached hydrogens (tertiary/aromatic N) is 2. The van der Waals surface area contributed by atoms with Crippen molar-refractivity contribution in [1.29, 1.82) is 0 Å². The number of aromatic amines is 1. The van der Waals surface area contributed by atoms with Gasteiger partial charge in [0.15, 0.2) is 0 Å². The molecule has 2 aromatic heterocycles. The molecule has 0 saturated carbocycles. The molecule has 2 aromatic carbocycles. The molecule has 0 unspecified atom stereocenters. The summed E-state index contributed by atoms with van der Waals surface area (Å²) in [6.07, 6.45) is 7.98. The van der Waals surface area contributed by atoms with Crippen LogP contribution in [0, 0.1) is 0 Å². The van der Waals surface area contributed by atoms with Gasteiger partial charge < -0.3 is 15.2 Å². The Kier molecular flexibility index (Phi) is 6.82. The van der Waals surface area contributed by atoms with Crippen LogP contribution in [0.15, 0.2) is 85.2 Å². The predicted molar refractivity (Wildman–Crippen MR) is 138 cm³/mol. The quantitative estimate of drug-likeness (QED) is 0.351. The number of benzene rings is 2. The van der Waals surface area contributed by atoms with Crippen molar-refractivity contribution < 1.29 is 4.79 Å². The average Bonchev–Trinajstić information content (AvgIpc) is 3.35. The minimum atomic E-state index is 0.0736. The van der Waals surface area contributed by atoms with Gasteiger partial charge >= 0.3 is 0 Å². The first-order valence-corrected chi connectivity index (χ1v) is 12.1. The van der Waals surface area contributed by atoms with Gasteiger partial charge in [-0.2, -0.15) is 0 Å². The van der Waals surface area contributed by atoms with Crippen LogP contribution in [0.2, 0.25) is 0 Å². The highest BCUT2D eigenvalue weighted by Gasteiger charge is 2.14. The normalized spacial score (nSPS) is 14.1. The first kappa shape index (κ1) is 22.1. The second-order valence-electron chi connectivity index (χ2n) is 8.85. The number of aromatic nitrogens is 2. The van der Waals surface area contributed by atoms with Crippen LogP contribution in [-0.2, 0) is 4.79 Å². The van der Waals surface area contributed by atoms with Gasteiger partial charge in [0, 0.05) is 42.3 Å². The molecule has 4 aromatic rings. The Bertz CT molecular complexity index is 1150. The highest BCUT2D eigenvalue weighted by molar-refractivity contribution is 5.91. The highest BCUT2D eigenvalue weighted by atomic mass is 16.1. The zero-order valence-corrected chi connectivity index (χ0v) is 19.3. The van der Waals surface area contributed by atoms with E-state index in [1.165, 1.54) is 19.3 Å². The fourth-order valence-corrected chi connectivity index (χ4v) is 4.60. The number of carbonyl (C=O) groups is 1. The summed E-state index contributed by atoms with van der Waals surface area (Å²) >= 11 is 0. The molecule has 1 amide bonds. The topological polar surface area (TPSA) is 61.0 Å². The molecule has 0 aliphatic carbocycles. The minimum Gasteiger partial charge on any atom is -0.354 e. The maximum atomic E-state index is 12.4. The Balaban J connectivity index is 1.32. The molecule has 0 spiro atoms. The monoisotopic (exact) mass is 450 g/mol. The number of hydrogen-bond donors (Lipinski definition) is 2. The van der Waals surface area contributed by atoms with Crippen LogP contribution in [0.4, 0.5) is 5.69 Å². The molecule has 0 radical (unpaired) electrons. The highest BCUT2D eigenvalue weighted by Crippen LogP contribution is 2.35. The van der Waals surface area contributed by atoms with E-state index in [1.807, 2.05) is 42.7 Å². The van der Waals surface area contributed by atoms with Crippen LogP contribution in [-0.4, -0.2) is 40.4 Å². The lowest BCUT2D eigenvalue weighted by Crippen LogP contribution is -2.32. The smallest absolute Gasteiger partial charge is 0.225 e. The van der Waals surface area contributed by atoms with Gasteiger partial charge in [-0.05, 0) is 73.0 Å². The molecule has 5 nitrogen and oxygen atoms in total. The molecule has 1 aliphatic rings. The summed E-state index contributed by atoms with van der Waals surface area (Å²) in [7, 11) is 0. The van der Waals surface area contributed by atoms with Gasteiger partial charge in [0.25, 0.3) is 0 Å². The first-order chi connectivity index (χ1) is 16.8. The van der Waals surface area contributed by atoms with Crippen molar-refractivity contribution in [3.05, 3.63) is 85.2 Å². The lowest BCUT2D eigenvalue weighted by atomic mass is 10.0. The van der Waals surface area contributed by atoms with E-state index in [4.69, 9.17) is 0 Å². The molecule has 1 saturated heterocycles. The van der Waals surface area contributed by atoms with Crippen LogP contribution >= 0.6 is 0 Å². The first-order valence-electron chi connectivity index (χ1n) is 12.1. The molecule has 1 fully saturated rings. The van der Waals surface area contributed by atoms with Gasteiger partial charge in [-0.3, -0.25) is 9.78 Å². The van der Waals surface area contributed by atoms with Gasteiger partial charge in [0.1, 0.15) is 0 Å². The number of hydrogen-bond acceptors (Lipinski definition) is 3. The van der Waals surface area contributed by atoms with Gasteiger partial charge in [0.2, 0.25) is 5.91 Å². The van der Waals surface area contributed by atoms with Crippen molar-refractivity contribution in [2.45, 2.75) is 25.7 Å². The van der Waals surface area contributed by atoms with E-state index >= 15 is 0 Å². The van der Waals surface area contributed by atoms with Gasteiger partial charge in [-0.25, -0.2) is 0 Å². The standard InChI is InChI=1S/C29H30N4O/c34-28(15-20-33-18-5-2-6-19-33)31-25-11-9-23(10-12-25)27-21-26(22-13-16-30-17-14-22)29(32-27)24-7-3-1-4-8-24/h1,3-4,7-14,16-17,21,32H,2,5-6,15,18-20H2,(H,31,34). The van der Waals surface area contributed by atoms with Gasteiger partial charge in [-0.1, -0.05) is 48.9 Å². The summed E-state index contributed by atoms with van der Waals surface area (Å²) in [4.78, 5) is 22.6. The van der Waals surface area contributed by atoms with E-state index in [2.05, 4.69) is 62.6 Å². The molecule has 5 rings (SSSR count). The number of carbonyl (C=O) groups excluding carboxylic acids is 1. The van der Waals surface area contributed by atoms with E-state index in [-0.39, 0.29) is 5.91 Å². The molecular weight excluding hydrogens is 420 g/mol. The maximum absolute atomic E-state index is 12.4. The maximum Gasteiger partial charge on any atom is 0.225 e. The third-order valence-corrected chi connectivity index (χ3v) is 6.45. The number of nitrogens with one attached hydrogen (secondary N) is 2. The van der Waals surface area contributed by atoms with Crippen LogP contribution < -0.4 is 5.32 Å². The Morgan fingerprint density at radius 2 is 1.59 bits per heavy atom. The predicted octanol–water partition coefficient (Wildman–Crippen LogP) is 6.23. The van der Waals surface area contributed by atoms with E-state index in [0.717, 1.165) is 59.0 Å². The van der Waals surface area contributed by atoms with E-state index in [1.54, 1.807) is 0 Å². The summed E-state index contributed by atoms with van der Waals surface area (Å²) < 4.78 is 0. The van der Waals surface area contributed by atoms with E-state index < -0.39 is 0 Å². The third-order valence-electron chi connectivity index (χ3n) is 6.45. The van der Waals surface area contributed by atoms with Crippen molar-refractivity contribution in [2.75, 3.05) is 25.0 Å². The molecular formula is C29H30N4O. The third kappa shape index (κ3) is 5.26. The number of H-pyrrole nitrogens is 1. The van der Waals surface area contributed by atoms with Gasteiger partial charge in [0.05, 0.1) is 5.69 Å². The summed E-state index contributed by atoms with van der Waals surface area (Å²) in [5.74, 6) is 0.0736. The molecule has 0 atom stereocenters. The van der Waals surface area contributed by atoms with Crippen molar-refractivity contribution in [2.24, 2.45) is 0 Å². The van der Waals surface area contributed by atoms with Crippen molar-refractivity contribution in [3.8, 4) is 33.6 Å². The number of pyridine rings is 1. The number of amides is 1. The molecule has 172 valence electrons. The van der Waals surface area contributed by atoms with Crippen LogP contribution in [0.3, 0.4) is 0 Å². The molecule has 3 heterocycles. The minimum absolute atomic E-state index is 0.0736. The molecule has 0 bridgehead atoms. The largest absolute Gasteiger partial charge is 0.354 e. The van der Waals surface area contributed by atoms with E-state index in [9.17, 15) is 4.79 Å². The Labute approximate surface area is 200 Å². The van der Waals surface area contributed by atoms with Crippen molar-refractivity contribution in [1.82, 2.24) is 14.9 Å². The number of anilines is 1. The molecule has 1 aliphatic heterocycles. The molecule has 2 N–H and O–H groups in total. The Morgan fingerprint density at radius 1 is 0.853 bits per heavy atom. The lowest BCUT2D eigenvalue weighted by molar-refractivity contribution is -0.116. The fraction of sp³-hybridized carbons (Fsp3) is 0.241. The van der Waals surface area contributed by atoms with Gasteiger partial charge in [-0.15, -0.1) is 0 Å². The van der Waals surface area contributed by atoms with Crippen molar-refractivity contribution in [3.63, 3.8) is 0 Å². The average molecular weight is 451 g/mol. The Hall–Kier alpha value is -3.70. The number of piperidine rings is 1. The molecule has 5 heteroatoms. The Morgan fingerprint density at radius 3 is 2.32 bits per heavy atom. The SMILES string of the molecule is O=C(CCN1CCCCC1)Nc1ccc(-c2cc(-c3ccncc3)c(-c3ccccc3)[nH]2)cc1. The van der Waals surface area contributed by atoms with Crippen LogP contribution in [0.1, 0.15) is 25.7 Å². The number of rotatable bonds is 7. The number of likely N-dealkylation sites (tertiary alicyclic amines) is 1. The molecule has 34 heavy (non-hydrogen) atoms. The lowest BCUT2D eigenvalue weighted by Gasteiger charge is -2.25. The van der Waals surface area contributed by atoms with Crippen LogP contribution in [0.25, 0.3) is 33.6 Å². The second-order valence-corrected chi connectivity index (χ2v) is 8.85. The van der Waals surface area contributed by atoms with Crippen LogP contribution in [0.5, 0.6) is 0 Å². The van der Waals surface area contributed by atoms with Crippen molar-refractivity contribution >= 4 is 11.6 Å². The summed E-state index contributed by atoms with van der Waals surface area (Å²) in [6.45, 7) is 3.07. The summed E-state index contributed by atoms with van der Waals surface area (Å²) in [5, 5.41) is 3.05. The van der Waals surface area contributed by atoms with E-state index in [0.29, 0.717) is 6.42 Å². The zero-order valence-electron chi connectivity index (χ0n) is 19.3. The summed E-state index contributed by atoms with van der Waals surface area (Å²) in [6, 6.07) is 24.7. The fourth-order valence-electron chi connectivity index (χ4n) is 4.60. The zero-order chi connectivity index (χ0) is 23.2. The second kappa shape index (κ2) is 10.5.